The van der Waals surface area contributed by atoms with E-state index in [1.807, 2.05) is 56.3 Å². The summed E-state index contributed by atoms with van der Waals surface area (Å²) in [6.07, 6.45) is 0.652. The standard InChI is InChI=1S/C24H26N2O3S/c1-4-20-10-8-9-13-23(20)26(30(28,29)22-16-14-19(2)15-17-22)18-24(27)25(3)21-11-6-5-7-12-21/h5-17H,4,18H2,1-3H3. The van der Waals surface area contributed by atoms with Crippen molar-refractivity contribution < 1.29 is 13.2 Å². The maximum absolute atomic E-state index is 13.6. The number of likely N-dealkylation sites (N-methyl/N-ethyl adjacent to an activating group) is 1. The van der Waals surface area contributed by atoms with Crippen LogP contribution in [-0.4, -0.2) is 27.9 Å². The van der Waals surface area contributed by atoms with Crippen molar-refractivity contribution in [3.63, 3.8) is 0 Å². The maximum atomic E-state index is 13.6. The Bertz CT molecular complexity index is 1110. The first-order valence-corrected chi connectivity index (χ1v) is 11.3. The lowest BCUT2D eigenvalue weighted by Gasteiger charge is -2.28. The van der Waals surface area contributed by atoms with Gasteiger partial charge in [0.2, 0.25) is 5.91 Å². The zero-order valence-electron chi connectivity index (χ0n) is 17.4. The van der Waals surface area contributed by atoms with Crippen LogP contribution in [0.1, 0.15) is 18.1 Å². The quantitative estimate of drug-likeness (QED) is 0.566. The van der Waals surface area contributed by atoms with E-state index in [4.69, 9.17) is 0 Å². The largest absolute Gasteiger partial charge is 0.314 e. The molecule has 0 fully saturated rings. The first-order valence-electron chi connectivity index (χ1n) is 9.83. The highest BCUT2D eigenvalue weighted by molar-refractivity contribution is 7.92. The Morgan fingerprint density at radius 3 is 2.10 bits per heavy atom. The molecule has 0 saturated heterocycles. The molecule has 0 N–H and O–H groups in total. The summed E-state index contributed by atoms with van der Waals surface area (Å²) in [6, 6.07) is 23.2. The zero-order chi connectivity index (χ0) is 21.7. The molecule has 30 heavy (non-hydrogen) atoms. The molecular formula is C24H26N2O3S. The Kier molecular flexibility index (Phi) is 6.57. The Labute approximate surface area is 178 Å². The average Bonchev–Trinajstić information content (AvgIpc) is 2.77. The van der Waals surface area contributed by atoms with Crippen molar-refractivity contribution in [2.75, 3.05) is 22.8 Å². The Morgan fingerprint density at radius 1 is 0.867 bits per heavy atom. The number of nitrogens with zero attached hydrogens (tertiary/aromatic N) is 2. The Morgan fingerprint density at radius 2 is 1.47 bits per heavy atom. The van der Waals surface area contributed by atoms with Gasteiger partial charge in [-0.15, -0.1) is 0 Å². The summed E-state index contributed by atoms with van der Waals surface area (Å²) >= 11 is 0. The minimum Gasteiger partial charge on any atom is -0.314 e. The molecule has 0 aliphatic heterocycles. The number of carbonyl (C=O) groups is 1. The van der Waals surface area contributed by atoms with Crippen LogP contribution in [0.3, 0.4) is 0 Å². The van der Waals surface area contributed by atoms with Crippen molar-refractivity contribution in [3.05, 3.63) is 90.0 Å². The SMILES string of the molecule is CCc1ccccc1N(CC(=O)N(C)c1ccccc1)S(=O)(=O)c1ccc(C)cc1. The van der Waals surface area contributed by atoms with Crippen LogP contribution in [0.2, 0.25) is 0 Å². The van der Waals surface area contributed by atoms with E-state index in [-0.39, 0.29) is 17.3 Å². The van der Waals surface area contributed by atoms with Gasteiger partial charge in [0.25, 0.3) is 10.0 Å². The second-order valence-corrected chi connectivity index (χ2v) is 8.96. The molecule has 0 aliphatic carbocycles. The fraction of sp³-hybridized carbons (Fsp3) is 0.208. The fourth-order valence-corrected chi connectivity index (χ4v) is 4.67. The van der Waals surface area contributed by atoms with Gasteiger partial charge < -0.3 is 4.90 Å². The van der Waals surface area contributed by atoms with Crippen LogP contribution in [0.25, 0.3) is 0 Å². The van der Waals surface area contributed by atoms with Gasteiger partial charge in [-0.05, 0) is 49.2 Å². The summed E-state index contributed by atoms with van der Waals surface area (Å²) in [5.41, 5.74) is 3.06. The van der Waals surface area contributed by atoms with Gasteiger partial charge >= 0.3 is 0 Å². The summed E-state index contributed by atoms with van der Waals surface area (Å²) in [7, 11) is -2.28. The number of sulfonamides is 1. The highest BCUT2D eigenvalue weighted by Gasteiger charge is 2.29. The van der Waals surface area contributed by atoms with Crippen LogP contribution in [0.5, 0.6) is 0 Å². The number of hydrogen-bond donors (Lipinski definition) is 0. The molecule has 5 nitrogen and oxygen atoms in total. The van der Waals surface area contributed by atoms with Gasteiger partial charge in [0.05, 0.1) is 10.6 Å². The number of hydrogen-bond acceptors (Lipinski definition) is 3. The van der Waals surface area contributed by atoms with Crippen LogP contribution in [0.4, 0.5) is 11.4 Å². The van der Waals surface area contributed by atoms with Gasteiger partial charge in [-0.1, -0.05) is 61.0 Å². The summed E-state index contributed by atoms with van der Waals surface area (Å²) < 4.78 is 28.3. The van der Waals surface area contributed by atoms with Crippen molar-refractivity contribution in [3.8, 4) is 0 Å². The molecule has 0 bridgehead atoms. The van der Waals surface area contributed by atoms with Crippen LogP contribution < -0.4 is 9.21 Å². The molecular weight excluding hydrogens is 396 g/mol. The molecule has 3 aromatic carbocycles. The molecule has 0 saturated carbocycles. The second kappa shape index (κ2) is 9.13. The third kappa shape index (κ3) is 4.54. The van der Waals surface area contributed by atoms with E-state index in [9.17, 15) is 13.2 Å². The van der Waals surface area contributed by atoms with Crippen LogP contribution in [0, 0.1) is 6.92 Å². The highest BCUT2D eigenvalue weighted by atomic mass is 32.2. The van der Waals surface area contributed by atoms with Crippen LogP contribution >= 0.6 is 0 Å². The molecule has 6 heteroatoms. The van der Waals surface area contributed by atoms with E-state index < -0.39 is 10.0 Å². The molecule has 0 aromatic heterocycles. The molecule has 156 valence electrons. The topological polar surface area (TPSA) is 57.7 Å². The predicted octanol–water partition coefficient (Wildman–Crippen LogP) is 4.42. The van der Waals surface area contributed by atoms with Gasteiger partial charge in [-0.3, -0.25) is 9.10 Å². The number of rotatable bonds is 7. The van der Waals surface area contributed by atoms with Gasteiger partial charge in [-0.25, -0.2) is 8.42 Å². The molecule has 0 aliphatic rings. The molecule has 1 amide bonds. The molecule has 3 rings (SSSR count). The molecule has 0 radical (unpaired) electrons. The number of anilines is 2. The first kappa shape index (κ1) is 21.6. The molecule has 0 spiro atoms. The minimum atomic E-state index is -3.93. The van der Waals surface area contributed by atoms with Crippen LogP contribution in [0.15, 0.2) is 83.8 Å². The van der Waals surface area contributed by atoms with Crippen molar-refractivity contribution >= 4 is 27.3 Å². The molecule has 0 unspecified atom stereocenters. The lowest BCUT2D eigenvalue weighted by atomic mass is 10.1. The Hall–Kier alpha value is -3.12. The summed E-state index contributed by atoms with van der Waals surface area (Å²) in [5.74, 6) is -0.317. The average molecular weight is 423 g/mol. The van der Waals surface area contributed by atoms with Gasteiger partial charge in [0.1, 0.15) is 6.54 Å². The smallest absolute Gasteiger partial charge is 0.264 e. The summed E-state index contributed by atoms with van der Waals surface area (Å²) in [6.45, 7) is 3.57. The van der Waals surface area contributed by atoms with Gasteiger partial charge in [-0.2, -0.15) is 0 Å². The van der Waals surface area contributed by atoms with E-state index in [0.29, 0.717) is 17.8 Å². The number of carbonyl (C=O) groups excluding carboxylic acids is 1. The van der Waals surface area contributed by atoms with Crippen molar-refractivity contribution in [2.24, 2.45) is 0 Å². The van der Waals surface area contributed by atoms with Crippen molar-refractivity contribution in [1.29, 1.82) is 0 Å². The van der Waals surface area contributed by atoms with Crippen molar-refractivity contribution in [1.82, 2.24) is 0 Å². The zero-order valence-corrected chi connectivity index (χ0v) is 18.3. The number of aryl methyl sites for hydroxylation is 2. The molecule has 0 atom stereocenters. The Balaban J connectivity index is 2.04. The fourth-order valence-electron chi connectivity index (χ4n) is 3.21. The van der Waals surface area contributed by atoms with E-state index in [0.717, 1.165) is 11.1 Å². The highest BCUT2D eigenvalue weighted by Crippen LogP contribution is 2.28. The summed E-state index contributed by atoms with van der Waals surface area (Å²) in [4.78, 5) is 14.7. The lowest BCUT2D eigenvalue weighted by molar-refractivity contribution is -0.116. The van der Waals surface area contributed by atoms with Crippen LogP contribution in [-0.2, 0) is 21.2 Å². The van der Waals surface area contributed by atoms with E-state index >= 15 is 0 Å². The van der Waals surface area contributed by atoms with Gasteiger partial charge in [0.15, 0.2) is 0 Å². The van der Waals surface area contributed by atoms with E-state index in [1.54, 1.807) is 43.4 Å². The monoisotopic (exact) mass is 422 g/mol. The minimum absolute atomic E-state index is 0.161. The van der Waals surface area contributed by atoms with E-state index in [2.05, 4.69) is 0 Å². The second-order valence-electron chi connectivity index (χ2n) is 7.10. The third-order valence-electron chi connectivity index (χ3n) is 5.05. The first-order chi connectivity index (χ1) is 14.3. The molecule has 3 aromatic rings. The van der Waals surface area contributed by atoms with Crippen molar-refractivity contribution in [2.45, 2.75) is 25.2 Å². The normalized spacial score (nSPS) is 11.2. The maximum Gasteiger partial charge on any atom is 0.264 e. The number of amides is 1. The number of para-hydroxylation sites is 2. The van der Waals surface area contributed by atoms with Gasteiger partial charge in [0, 0.05) is 12.7 Å². The molecule has 0 heterocycles. The lowest BCUT2D eigenvalue weighted by Crippen LogP contribution is -2.42. The number of benzene rings is 3. The third-order valence-corrected chi connectivity index (χ3v) is 6.82. The predicted molar refractivity (Wildman–Crippen MR) is 121 cm³/mol. The summed E-state index contributed by atoms with van der Waals surface area (Å²) in [5, 5.41) is 0. The van der Waals surface area contributed by atoms with E-state index in [1.165, 1.54) is 9.21 Å².